The largest absolute Gasteiger partial charge is 0.385 e. The monoisotopic (exact) mass is 265 g/mol. The number of aryl methyl sites for hydroxylation is 1. The SMILES string of the molecule is CCCNC1CCC(O)(c2ccc(F)cc2C)CC1. The fraction of sp³-hybridized carbons (Fsp3) is 0.625. The predicted molar refractivity (Wildman–Crippen MR) is 75.6 cm³/mol. The van der Waals surface area contributed by atoms with Crippen LogP contribution in [0, 0.1) is 12.7 Å². The fourth-order valence-electron chi connectivity index (χ4n) is 3.07. The Labute approximate surface area is 115 Å². The molecule has 1 aliphatic rings. The summed E-state index contributed by atoms with van der Waals surface area (Å²) in [5.41, 5.74) is 0.965. The highest BCUT2D eigenvalue weighted by molar-refractivity contribution is 5.32. The number of hydrogen-bond acceptors (Lipinski definition) is 2. The first-order valence-electron chi connectivity index (χ1n) is 7.27. The van der Waals surface area contributed by atoms with E-state index < -0.39 is 5.60 Å². The van der Waals surface area contributed by atoms with Crippen LogP contribution in [0.2, 0.25) is 0 Å². The topological polar surface area (TPSA) is 32.3 Å². The van der Waals surface area contributed by atoms with Crippen LogP contribution < -0.4 is 5.32 Å². The summed E-state index contributed by atoms with van der Waals surface area (Å²) >= 11 is 0. The van der Waals surface area contributed by atoms with Gasteiger partial charge in [0.1, 0.15) is 5.82 Å². The molecule has 0 saturated heterocycles. The first kappa shape index (κ1) is 14.5. The molecular weight excluding hydrogens is 241 g/mol. The molecule has 0 heterocycles. The Morgan fingerprint density at radius 2 is 2.05 bits per heavy atom. The van der Waals surface area contributed by atoms with Gasteiger partial charge in [0.25, 0.3) is 0 Å². The van der Waals surface area contributed by atoms with Crippen LogP contribution in [0.15, 0.2) is 18.2 Å². The van der Waals surface area contributed by atoms with E-state index in [2.05, 4.69) is 12.2 Å². The van der Waals surface area contributed by atoms with Gasteiger partial charge in [-0.25, -0.2) is 4.39 Å². The summed E-state index contributed by atoms with van der Waals surface area (Å²) in [6.45, 7) is 5.07. The Bertz CT molecular complexity index is 425. The summed E-state index contributed by atoms with van der Waals surface area (Å²) in [4.78, 5) is 0. The lowest BCUT2D eigenvalue weighted by Gasteiger charge is -2.37. The average Bonchev–Trinajstić information content (AvgIpc) is 2.38. The zero-order valence-corrected chi connectivity index (χ0v) is 11.9. The Hall–Kier alpha value is -0.930. The molecule has 1 saturated carbocycles. The van der Waals surface area contributed by atoms with E-state index in [1.54, 1.807) is 6.07 Å². The standard InChI is InChI=1S/C16H24FNO/c1-3-10-18-14-6-8-16(19,9-7-14)15-5-4-13(17)11-12(15)2/h4-5,11,14,18-19H,3,6-10H2,1-2H3. The molecule has 2 nitrogen and oxygen atoms in total. The van der Waals surface area contributed by atoms with Gasteiger partial charge >= 0.3 is 0 Å². The first-order valence-corrected chi connectivity index (χ1v) is 7.27. The molecule has 0 spiro atoms. The van der Waals surface area contributed by atoms with Crippen molar-refractivity contribution in [3.8, 4) is 0 Å². The van der Waals surface area contributed by atoms with Gasteiger partial charge < -0.3 is 10.4 Å². The second kappa shape index (κ2) is 6.02. The molecule has 3 heteroatoms. The number of rotatable bonds is 4. The van der Waals surface area contributed by atoms with Crippen LogP contribution in [-0.4, -0.2) is 17.7 Å². The fourth-order valence-corrected chi connectivity index (χ4v) is 3.07. The lowest BCUT2D eigenvalue weighted by atomic mass is 9.76. The van der Waals surface area contributed by atoms with Gasteiger partial charge in [0.05, 0.1) is 5.60 Å². The van der Waals surface area contributed by atoms with Crippen molar-refractivity contribution in [3.05, 3.63) is 35.1 Å². The molecule has 1 aromatic carbocycles. The van der Waals surface area contributed by atoms with Gasteiger partial charge in [0, 0.05) is 6.04 Å². The number of hydrogen-bond donors (Lipinski definition) is 2. The molecule has 0 bridgehead atoms. The molecule has 0 unspecified atom stereocenters. The minimum Gasteiger partial charge on any atom is -0.385 e. The second-order valence-electron chi connectivity index (χ2n) is 5.72. The maximum atomic E-state index is 13.1. The lowest BCUT2D eigenvalue weighted by molar-refractivity contribution is -0.00884. The van der Waals surface area contributed by atoms with Crippen LogP contribution in [0.4, 0.5) is 4.39 Å². The van der Waals surface area contributed by atoms with Gasteiger partial charge in [-0.05, 0) is 68.8 Å². The van der Waals surface area contributed by atoms with Crippen LogP contribution >= 0.6 is 0 Å². The second-order valence-corrected chi connectivity index (χ2v) is 5.72. The third-order valence-corrected chi connectivity index (χ3v) is 4.19. The summed E-state index contributed by atoms with van der Waals surface area (Å²) < 4.78 is 13.1. The number of benzene rings is 1. The van der Waals surface area contributed by atoms with Crippen LogP contribution in [-0.2, 0) is 5.60 Å². The van der Waals surface area contributed by atoms with E-state index in [0.717, 1.165) is 49.8 Å². The Morgan fingerprint density at radius 1 is 1.37 bits per heavy atom. The number of halogens is 1. The predicted octanol–water partition coefficient (Wildman–Crippen LogP) is 3.26. The van der Waals surface area contributed by atoms with Gasteiger partial charge in [-0.3, -0.25) is 0 Å². The van der Waals surface area contributed by atoms with Gasteiger partial charge in [-0.2, -0.15) is 0 Å². The van der Waals surface area contributed by atoms with Crippen molar-refractivity contribution >= 4 is 0 Å². The smallest absolute Gasteiger partial charge is 0.123 e. The van der Waals surface area contributed by atoms with E-state index in [1.165, 1.54) is 12.1 Å². The molecule has 106 valence electrons. The molecule has 2 rings (SSSR count). The van der Waals surface area contributed by atoms with Crippen molar-refractivity contribution in [1.82, 2.24) is 5.32 Å². The molecule has 0 aromatic heterocycles. The first-order chi connectivity index (χ1) is 9.05. The number of nitrogens with one attached hydrogen (secondary N) is 1. The van der Waals surface area contributed by atoms with E-state index in [-0.39, 0.29) is 5.82 Å². The summed E-state index contributed by atoms with van der Waals surface area (Å²) in [7, 11) is 0. The highest BCUT2D eigenvalue weighted by atomic mass is 19.1. The highest BCUT2D eigenvalue weighted by Crippen LogP contribution is 2.38. The van der Waals surface area contributed by atoms with E-state index >= 15 is 0 Å². The molecule has 0 amide bonds. The molecule has 0 radical (unpaired) electrons. The zero-order chi connectivity index (χ0) is 13.9. The van der Waals surface area contributed by atoms with Gasteiger partial charge in [0.2, 0.25) is 0 Å². The summed E-state index contributed by atoms with van der Waals surface area (Å²) in [6.07, 6.45) is 4.60. The summed E-state index contributed by atoms with van der Waals surface area (Å²) in [5.74, 6) is -0.233. The van der Waals surface area contributed by atoms with E-state index in [4.69, 9.17) is 0 Å². The van der Waals surface area contributed by atoms with E-state index in [9.17, 15) is 9.50 Å². The molecular formula is C16H24FNO. The Balaban J connectivity index is 2.05. The summed E-state index contributed by atoms with van der Waals surface area (Å²) in [6, 6.07) is 5.21. The highest BCUT2D eigenvalue weighted by Gasteiger charge is 2.35. The van der Waals surface area contributed by atoms with Gasteiger partial charge in [0.15, 0.2) is 0 Å². The molecule has 0 aliphatic heterocycles. The molecule has 0 atom stereocenters. The van der Waals surface area contributed by atoms with Crippen LogP contribution in [0.5, 0.6) is 0 Å². The minimum absolute atomic E-state index is 0.233. The van der Waals surface area contributed by atoms with Crippen LogP contribution in [0.1, 0.15) is 50.2 Å². The molecule has 19 heavy (non-hydrogen) atoms. The van der Waals surface area contributed by atoms with Crippen molar-refractivity contribution in [2.24, 2.45) is 0 Å². The van der Waals surface area contributed by atoms with Gasteiger partial charge in [-0.1, -0.05) is 13.0 Å². The molecule has 1 fully saturated rings. The van der Waals surface area contributed by atoms with Crippen molar-refractivity contribution < 1.29 is 9.50 Å². The van der Waals surface area contributed by atoms with E-state index in [1.807, 2.05) is 6.92 Å². The third-order valence-electron chi connectivity index (χ3n) is 4.19. The normalized spacial score (nSPS) is 27.5. The lowest BCUT2D eigenvalue weighted by Crippen LogP contribution is -2.40. The molecule has 1 aromatic rings. The maximum absolute atomic E-state index is 13.1. The molecule has 1 aliphatic carbocycles. The van der Waals surface area contributed by atoms with Crippen molar-refractivity contribution in [2.45, 2.75) is 57.6 Å². The zero-order valence-electron chi connectivity index (χ0n) is 11.9. The number of aliphatic hydroxyl groups is 1. The Morgan fingerprint density at radius 3 is 2.63 bits per heavy atom. The Kier molecular flexibility index (Phi) is 4.58. The average molecular weight is 265 g/mol. The minimum atomic E-state index is -0.776. The van der Waals surface area contributed by atoms with Crippen LogP contribution in [0.3, 0.4) is 0 Å². The molecule has 2 N–H and O–H groups in total. The summed E-state index contributed by atoms with van der Waals surface area (Å²) in [5, 5.41) is 14.3. The maximum Gasteiger partial charge on any atom is 0.123 e. The van der Waals surface area contributed by atoms with E-state index in [0.29, 0.717) is 6.04 Å². The van der Waals surface area contributed by atoms with Gasteiger partial charge in [-0.15, -0.1) is 0 Å². The van der Waals surface area contributed by atoms with Crippen molar-refractivity contribution in [2.75, 3.05) is 6.54 Å². The van der Waals surface area contributed by atoms with Crippen LogP contribution in [0.25, 0.3) is 0 Å². The quantitative estimate of drug-likeness (QED) is 0.875. The van der Waals surface area contributed by atoms with Crippen molar-refractivity contribution in [1.29, 1.82) is 0 Å². The third kappa shape index (κ3) is 3.34. The van der Waals surface area contributed by atoms with Crippen molar-refractivity contribution in [3.63, 3.8) is 0 Å².